The lowest BCUT2D eigenvalue weighted by Gasteiger charge is -2.24. The van der Waals surface area contributed by atoms with E-state index in [9.17, 15) is 0 Å². The number of aliphatic imine (C=N–C) groups is 1. The summed E-state index contributed by atoms with van der Waals surface area (Å²) in [6, 6.07) is 6.66. The van der Waals surface area contributed by atoms with E-state index in [0.29, 0.717) is 11.8 Å². The van der Waals surface area contributed by atoms with E-state index < -0.39 is 0 Å². The van der Waals surface area contributed by atoms with Gasteiger partial charge in [0.1, 0.15) is 0 Å². The molecule has 1 aromatic rings. The second-order valence-corrected chi connectivity index (χ2v) is 6.43. The van der Waals surface area contributed by atoms with Gasteiger partial charge in [-0.2, -0.15) is 0 Å². The van der Waals surface area contributed by atoms with Crippen molar-refractivity contribution >= 4 is 11.4 Å². The van der Waals surface area contributed by atoms with Gasteiger partial charge in [-0.15, -0.1) is 0 Å². The summed E-state index contributed by atoms with van der Waals surface area (Å²) in [6.07, 6.45) is 5.73. The van der Waals surface area contributed by atoms with Crippen LogP contribution in [0.5, 0.6) is 0 Å². The monoisotopic (exact) mass is 284 g/mol. The van der Waals surface area contributed by atoms with Gasteiger partial charge >= 0.3 is 0 Å². The van der Waals surface area contributed by atoms with Crippen molar-refractivity contribution in [3.8, 4) is 0 Å². The Bertz CT molecular complexity index is 524. The number of anilines is 1. The molecule has 0 atom stereocenters. The van der Waals surface area contributed by atoms with Crippen molar-refractivity contribution in [1.82, 2.24) is 0 Å². The van der Waals surface area contributed by atoms with E-state index in [0.717, 1.165) is 12.8 Å². The lowest BCUT2D eigenvalue weighted by Crippen LogP contribution is -2.17. The van der Waals surface area contributed by atoms with Crippen molar-refractivity contribution in [2.75, 3.05) is 12.4 Å². The highest BCUT2D eigenvalue weighted by atomic mass is 14.9. The number of hydrogen-bond acceptors (Lipinski definition) is 2. The summed E-state index contributed by atoms with van der Waals surface area (Å²) >= 11 is 0. The Morgan fingerprint density at radius 3 is 2.19 bits per heavy atom. The average Bonchev–Trinajstić information content (AvgIpc) is 2.47. The summed E-state index contributed by atoms with van der Waals surface area (Å²) in [6.45, 7) is 9.03. The third-order valence-electron chi connectivity index (χ3n) is 4.18. The van der Waals surface area contributed by atoms with Gasteiger partial charge in [-0.3, -0.25) is 4.99 Å². The Balaban J connectivity index is 2.44. The first-order valence-corrected chi connectivity index (χ1v) is 8.10. The quantitative estimate of drug-likeness (QED) is 0.777. The molecule has 1 aliphatic carbocycles. The lowest BCUT2D eigenvalue weighted by molar-refractivity contribution is 0.834. The van der Waals surface area contributed by atoms with Crippen molar-refractivity contribution in [2.45, 2.75) is 58.8 Å². The number of allylic oxidation sites excluding steroid dienone is 2. The van der Waals surface area contributed by atoms with E-state index in [1.54, 1.807) is 0 Å². The van der Waals surface area contributed by atoms with Crippen LogP contribution in [0.3, 0.4) is 0 Å². The van der Waals surface area contributed by atoms with Crippen molar-refractivity contribution in [3.05, 3.63) is 41.1 Å². The van der Waals surface area contributed by atoms with Crippen LogP contribution in [0.4, 0.5) is 5.69 Å². The molecule has 2 nitrogen and oxygen atoms in total. The van der Waals surface area contributed by atoms with Crippen molar-refractivity contribution in [3.63, 3.8) is 0 Å². The molecule has 0 bridgehead atoms. The van der Waals surface area contributed by atoms with Gasteiger partial charge in [-0.1, -0.05) is 52.0 Å². The standard InChI is InChI=1S/C19H28N2/c1-13(2)15-9-8-10-16(14(3)4)19(15)21-18-12-7-6-11-17(18)20-5/h8-10,12-14,21H,6-7,11H2,1-5H3. The minimum atomic E-state index is 0.511. The highest BCUT2D eigenvalue weighted by Crippen LogP contribution is 2.34. The fourth-order valence-electron chi connectivity index (χ4n) is 2.95. The van der Waals surface area contributed by atoms with Gasteiger partial charge in [0, 0.05) is 12.7 Å². The van der Waals surface area contributed by atoms with Crippen molar-refractivity contribution in [2.24, 2.45) is 4.99 Å². The second kappa shape index (κ2) is 6.93. The first-order valence-electron chi connectivity index (χ1n) is 8.10. The smallest absolute Gasteiger partial charge is 0.0576 e. The van der Waals surface area contributed by atoms with Crippen LogP contribution < -0.4 is 5.32 Å². The zero-order valence-electron chi connectivity index (χ0n) is 14.0. The number of rotatable bonds is 4. The number of benzene rings is 1. The van der Waals surface area contributed by atoms with Gasteiger partial charge in [-0.25, -0.2) is 0 Å². The topological polar surface area (TPSA) is 24.4 Å². The zero-order chi connectivity index (χ0) is 15.4. The fraction of sp³-hybridized carbons (Fsp3) is 0.526. The Kier molecular flexibility index (Phi) is 5.22. The highest BCUT2D eigenvalue weighted by Gasteiger charge is 2.17. The van der Waals surface area contributed by atoms with Gasteiger partial charge in [0.15, 0.2) is 0 Å². The normalized spacial score (nSPS) is 17.5. The number of para-hydroxylation sites is 1. The summed E-state index contributed by atoms with van der Waals surface area (Å²) in [5, 5.41) is 3.71. The maximum Gasteiger partial charge on any atom is 0.0576 e. The van der Waals surface area contributed by atoms with Crippen molar-refractivity contribution in [1.29, 1.82) is 0 Å². The van der Waals surface area contributed by atoms with Crippen LogP contribution in [0.25, 0.3) is 0 Å². The van der Waals surface area contributed by atoms with E-state index in [1.807, 2.05) is 7.05 Å². The Morgan fingerprint density at radius 1 is 1.05 bits per heavy atom. The predicted octanol–water partition coefficient (Wildman–Crippen LogP) is 5.48. The van der Waals surface area contributed by atoms with Crippen LogP contribution in [-0.4, -0.2) is 12.8 Å². The average molecular weight is 284 g/mol. The summed E-state index contributed by atoms with van der Waals surface area (Å²) < 4.78 is 0. The van der Waals surface area contributed by atoms with Crippen LogP contribution in [0.15, 0.2) is 35.0 Å². The van der Waals surface area contributed by atoms with Crippen LogP contribution in [0.2, 0.25) is 0 Å². The van der Waals surface area contributed by atoms with Crippen LogP contribution >= 0.6 is 0 Å². The first kappa shape index (κ1) is 15.8. The molecule has 0 radical (unpaired) electrons. The molecule has 0 aromatic heterocycles. The molecule has 0 saturated carbocycles. The third-order valence-corrected chi connectivity index (χ3v) is 4.18. The lowest BCUT2D eigenvalue weighted by atomic mass is 9.92. The largest absolute Gasteiger partial charge is 0.354 e. The molecule has 2 heteroatoms. The summed E-state index contributed by atoms with van der Waals surface area (Å²) in [5.41, 5.74) is 6.48. The summed E-state index contributed by atoms with van der Waals surface area (Å²) in [5.74, 6) is 1.02. The molecule has 0 heterocycles. The molecule has 0 amide bonds. The van der Waals surface area contributed by atoms with Gasteiger partial charge in [0.2, 0.25) is 0 Å². The van der Waals surface area contributed by atoms with Gasteiger partial charge in [0.25, 0.3) is 0 Å². The van der Waals surface area contributed by atoms with Gasteiger partial charge < -0.3 is 5.32 Å². The van der Waals surface area contributed by atoms with E-state index in [4.69, 9.17) is 0 Å². The molecule has 0 fully saturated rings. The van der Waals surface area contributed by atoms with E-state index >= 15 is 0 Å². The Morgan fingerprint density at radius 2 is 1.67 bits per heavy atom. The van der Waals surface area contributed by atoms with E-state index in [1.165, 1.54) is 34.6 Å². The minimum Gasteiger partial charge on any atom is -0.354 e. The Labute approximate surface area is 129 Å². The van der Waals surface area contributed by atoms with Crippen LogP contribution in [-0.2, 0) is 0 Å². The molecule has 114 valence electrons. The van der Waals surface area contributed by atoms with Gasteiger partial charge in [0.05, 0.1) is 11.4 Å². The summed E-state index contributed by atoms with van der Waals surface area (Å²) in [7, 11) is 1.90. The highest BCUT2D eigenvalue weighted by molar-refractivity contribution is 6.03. The summed E-state index contributed by atoms with van der Waals surface area (Å²) in [4.78, 5) is 4.46. The van der Waals surface area contributed by atoms with Crippen LogP contribution in [0.1, 0.15) is 69.9 Å². The molecule has 21 heavy (non-hydrogen) atoms. The molecule has 0 aliphatic heterocycles. The maximum absolute atomic E-state index is 4.46. The maximum atomic E-state index is 4.46. The molecule has 0 spiro atoms. The molecular weight excluding hydrogens is 256 g/mol. The first-order chi connectivity index (χ1) is 10.0. The SMILES string of the molecule is CN=C1CCCC=C1Nc1c(C(C)C)cccc1C(C)C. The Hall–Kier alpha value is -1.57. The molecule has 2 rings (SSSR count). The molecule has 1 aliphatic rings. The number of hydrogen-bond donors (Lipinski definition) is 1. The molecule has 0 unspecified atom stereocenters. The molecule has 1 aromatic carbocycles. The molecular formula is C19H28N2. The third kappa shape index (κ3) is 3.55. The molecule has 0 saturated heterocycles. The molecule has 1 N–H and O–H groups in total. The second-order valence-electron chi connectivity index (χ2n) is 6.43. The van der Waals surface area contributed by atoms with Crippen LogP contribution in [0, 0.1) is 0 Å². The van der Waals surface area contributed by atoms with E-state index in [2.05, 4.69) is 62.3 Å². The van der Waals surface area contributed by atoms with E-state index in [-0.39, 0.29) is 0 Å². The zero-order valence-corrected chi connectivity index (χ0v) is 14.0. The predicted molar refractivity (Wildman–Crippen MR) is 93.5 cm³/mol. The fourth-order valence-corrected chi connectivity index (χ4v) is 2.95. The minimum absolute atomic E-state index is 0.511. The number of nitrogens with zero attached hydrogens (tertiary/aromatic N) is 1. The van der Waals surface area contributed by atoms with Gasteiger partial charge in [-0.05, 0) is 42.2 Å². The number of nitrogens with one attached hydrogen (secondary N) is 1. The van der Waals surface area contributed by atoms with Crippen molar-refractivity contribution < 1.29 is 0 Å².